The Labute approximate surface area is 168 Å². The first-order valence-electron chi connectivity index (χ1n) is 9.23. The zero-order chi connectivity index (χ0) is 19.1. The van der Waals surface area contributed by atoms with Crippen molar-refractivity contribution in [1.29, 1.82) is 0 Å². The molecule has 1 aliphatic rings. The number of hydrogen-bond acceptors (Lipinski definition) is 4. The SMILES string of the molecule is Cc1nnn2c1-c1ccc(Cn3cccn3)cc1N(c1ccc(Cl)cc1)CC2. The molecule has 5 rings (SSSR count). The van der Waals surface area contributed by atoms with Crippen molar-refractivity contribution >= 4 is 23.0 Å². The lowest BCUT2D eigenvalue weighted by Gasteiger charge is -2.25. The zero-order valence-corrected chi connectivity index (χ0v) is 16.2. The van der Waals surface area contributed by atoms with Crippen LogP contribution in [0.1, 0.15) is 11.3 Å². The molecule has 0 unspecified atom stereocenters. The van der Waals surface area contributed by atoms with Crippen molar-refractivity contribution in [1.82, 2.24) is 24.8 Å². The molecule has 0 bridgehead atoms. The van der Waals surface area contributed by atoms with E-state index < -0.39 is 0 Å². The summed E-state index contributed by atoms with van der Waals surface area (Å²) in [5, 5.41) is 13.7. The van der Waals surface area contributed by atoms with Crippen molar-refractivity contribution in [3.63, 3.8) is 0 Å². The molecule has 0 amide bonds. The molecule has 3 heterocycles. The molecule has 0 saturated carbocycles. The molecule has 1 aliphatic heterocycles. The molecule has 0 aliphatic carbocycles. The summed E-state index contributed by atoms with van der Waals surface area (Å²) < 4.78 is 3.93. The van der Waals surface area contributed by atoms with Crippen molar-refractivity contribution in [2.24, 2.45) is 0 Å². The molecule has 7 heteroatoms. The molecule has 0 saturated heterocycles. The fourth-order valence-electron chi connectivity index (χ4n) is 3.77. The Morgan fingerprint density at radius 1 is 1.07 bits per heavy atom. The molecule has 140 valence electrons. The normalized spacial score (nSPS) is 13.1. The third-order valence-corrected chi connectivity index (χ3v) is 5.34. The van der Waals surface area contributed by atoms with Crippen molar-refractivity contribution < 1.29 is 0 Å². The van der Waals surface area contributed by atoms with Gasteiger partial charge in [-0.1, -0.05) is 28.9 Å². The Hall–Kier alpha value is -3.12. The summed E-state index contributed by atoms with van der Waals surface area (Å²) in [5.74, 6) is 0. The van der Waals surface area contributed by atoms with E-state index in [0.29, 0.717) is 0 Å². The van der Waals surface area contributed by atoms with Crippen LogP contribution in [0.2, 0.25) is 5.02 Å². The number of halogens is 1. The van der Waals surface area contributed by atoms with Crippen molar-refractivity contribution in [3.05, 3.63) is 77.2 Å². The molecule has 28 heavy (non-hydrogen) atoms. The second-order valence-electron chi connectivity index (χ2n) is 6.93. The first-order valence-corrected chi connectivity index (χ1v) is 9.61. The quantitative estimate of drug-likeness (QED) is 0.523. The van der Waals surface area contributed by atoms with Gasteiger partial charge in [0.25, 0.3) is 0 Å². The maximum Gasteiger partial charge on any atom is 0.0936 e. The Morgan fingerprint density at radius 3 is 2.71 bits per heavy atom. The second-order valence-corrected chi connectivity index (χ2v) is 7.37. The molecular formula is C21H19ClN6. The molecule has 0 radical (unpaired) electrons. The number of rotatable bonds is 3. The highest BCUT2D eigenvalue weighted by atomic mass is 35.5. The van der Waals surface area contributed by atoms with Crippen LogP contribution in [-0.4, -0.2) is 31.3 Å². The molecule has 2 aromatic heterocycles. The zero-order valence-electron chi connectivity index (χ0n) is 15.5. The van der Waals surface area contributed by atoms with E-state index >= 15 is 0 Å². The second kappa shape index (κ2) is 6.80. The average Bonchev–Trinajstić information content (AvgIpc) is 3.30. The molecule has 0 fully saturated rings. The predicted molar refractivity (Wildman–Crippen MR) is 110 cm³/mol. The van der Waals surface area contributed by atoms with Crippen LogP contribution in [0.25, 0.3) is 11.3 Å². The van der Waals surface area contributed by atoms with Gasteiger partial charge in [-0.05, 0) is 48.9 Å². The van der Waals surface area contributed by atoms with E-state index in [4.69, 9.17) is 11.6 Å². The number of anilines is 2. The van der Waals surface area contributed by atoms with Crippen LogP contribution < -0.4 is 4.90 Å². The first-order chi connectivity index (χ1) is 13.7. The van der Waals surface area contributed by atoms with Gasteiger partial charge in [-0.2, -0.15) is 5.10 Å². The van der Waals surface area contributed by atoms with E-state index in [1.165, 1.54) is 5.56 Å². The van der Waals surface area contributed by atoms with Crippen LogP contribution in [0.3, 0.4) is 0 Å². The highest BCUT2D eigenvalue weighted by molar-refractivity contribution is 6.30. The summed E-state index contributed by atoms with van der Waals surface area (Å²) in [6, 6.07) is 16.5. The Morgan fingerprint density at radius 2 is 1.93 bits per heavy atom. The van der Waals surface area contributed by atoms with E-state index in [1.807, 2.05) is 40.7 Å². The number of hydrogen-bond donors (Lipinski definition) is 0. The number of nitrogens with zero attached hydrogens (tertiary/aromatic N) is 6. The molecule has 2 aromatic carbocycles. The predicted octanol–water partition coefficient (Wildman–Crippen LogP) is 4.30. The third-order valence-electron chi connectivity index (χ3n) is 5.09. The van der Waals surface area contributed by atoms with E-state index in [-0.39, 0.29) is 0 Å². The smallest absolute Gasteiger partial charge is 0.0936 e. The van der Waals surface area contributed by atoms with Crippen LogP contribution >= 0.6 is 11.6 Å². The van der Waals surface area contributed by atoms with E-state index in [0.717, 1.165) is 53.0 Å². The monoisotopic (exact) mass is 390 g/mol. The van der Waals surface area contributed by atoms with Gasteiger partial charge >= 0.3 is 0 Å². The summed E-state index contributed by atoms with van der Waals surface area (Å²) in [7, 11) is 0. The van der Waals surface area contributed by atoms with E-state index in [2.05, 4.69) is 50.6 Å². The summed E-state index contributed by atoms with van der Waals surface area (Å²) in [6.07, 6.45) is 3.78. The lowest BCUT2D eigenvalue weighted by atomic mass is 10.0. The van der Waals surface area contributed by atoms with Crippen LogP contribution in [-0.2, 0) is 13.1 Å². The Kier molecular flexibility index (Phi) is 4.13. The van der Waals surface area contributed by atoms with Crippen LogP contribution in [0.5, 0.6) is 0 Å². The number of benzene rings is 2. The minimum atomic E-state index is 0.727. The topological polar surface area (TPSA) is 51.8 Å². The minimum Gasteiger partial charge on any atom is -0.339 e. The van der Waals surface area contributed by atoms with Crippen LogP contribution in [0.4, 0.5) is 11.4 Å². The number of aryl methyl sites for hydroxylation is 1. The Balaban J connectivity index is 1.65. The number of aromatic nitrogens is 5. The summed E-state index contributed by atoms with van der Waals surface area (Å²) in [6.45, 7) is 4.31. The largest absolute Gasteiger partial charge is 0.339 e. The summed E-state index contributed by atoms with van der Waals surface area (Å²) in [5.41, 5.74) is 6.62. The van der Waals surface area contributed by atoms with E-state index in [1.54, 1.807) is 6.20 Å². The first kappa shape index (κ1) is 17.0. The van der Waals surface area contributed by atoms with Gasteiger partial charge in [0, 0.05) is 35.2 Å². The maximum absolute atomic E-state index is 6.11. The molecule has 0 atom stereocenters. The molecule has 0 N–H and O–H groups in total. The van der Waals surface area contributed by atoms with Crippen molar-refractivity contribution in [2.45, 2.75) is 20.0 Å². The van der Waals surface area contributed by atoms with Crippen LogP contribution in [0.15, 0.2) is 60.9 Å². The van der Waals surface area contributed by atoms with Crippen molar-refractivity contribution in [2.75, 3.05) is 11.4 Å². The fraction of sp³-hybridized carbons (Fsp3) is 0.190. The lowest BCUT2D eigenvalue weighted by Crippen LogP contribution is -2.21. The average molecular weight is 391 g/mol. The van der Waals surface area contributed by atoms with Gasteiger partial charge in [0.05, 0.1) is 30.2 Å². The maximum atomic E-state index is 6.11. The highest BCUT2D eigenvalue weighted by Crippen LogP contribution is 2.39. The standard InChI is InChI=1S/C21H19ClN6/c1-15-21-19-8-3-16(14-26-10-2-9-23-26)13-20(19)27(11-12-28(21)25-24-15)18-6-4-17(22)5-7-18/h2-10,13H,11-12,14H2,1H3. The van der Waals surface area contributed by atoms with Gasteiger partial charge < -0.3 is 4.90 Å². The highest BCUT2D eigenvalue weighted by Gasteiger charge is 2.24. The summed E-state index contributed by atoms with van der Waals surface area (Å²) >= 11 is 6.11. The molecular weight excluding hydrogens is 372 g/mol. The molecule has 0 spiro atoms. The minimum absolute atomic E-state index is 0.727. The van der Waals surface area contributed by atoms with Gasteiger partial charge in [0.15, 0.2) is 0 Å². The fourth-order valence-corrected chi connectivity index (χ4v) is 3.90. The van der Waals surface area contributed by atoms with Gasteiger partial charge in [-0.15, -0.1) is 5.10 Å². The van der Waals surface area contributed by atoms with Gasteiger partial charge in [-0.3, -0.25) is 4.68 Å². The number of fused-ring (bicyclic) bond motifs is 3. The molecule has 6 nitrogen and oxygen atoms in total. The van der Waals surface area contributed by atoms with Gasteiger partial charge in [0.1, 0.15) is 0 Å². The van der Waals surface area contributed by atoms with Gasteiger partial charge in [0.2, 0.25) is 0 Å². The lowest BCUT2D eigenvalue weighted by molar-refractivity contribution is 0.605. The summed E-state index contributed by atoms with van der Waals surface area (Å²) in [4.78, 5) is 2.33. The third kappa shape index (κ3) is 2.96. The Bertz CT molecular complexity index is 1110. The van der Waals surface area contributed by atoms with Crippen molar-refractivity contribution in [3.8, 4) is 11.3 Å². The van der Waals surface area contributed by atoms with E-state index in [9.17, 15) is 0 Å². The molecule has 4 aromatic rings. The van der Waals surface area contributed by atoms with Crippen LogP contribution in [0, 0.1) is 6.92 Å². The van der Waals surface area contributed by atoms with Gasteiger partial charge in [-0.25, -0.2) is 4.68 Å².